The molecule has 0 amide bonds. The van der Waals surface area contributed by atoms with E-state index in [2.05, 4.69) is 33.4 Å². The molecule has 1 aliphatic carbocycles. The highest BCUT2D eigenvalue weighted by Crippen LogP contribution is 2.50. The third-order valence-corrected chi connectivity index (χ3v) is 4.06. The number of carbonyl (C=O) groups is 1. The first kappa shape index (κ1) is 12.6. The first-order valence-electron chi connectivity index (χ1n) is 6.44. The number of allylic oxidation sites excluding steroid dienone is 1. The summed E-state index contributed by atoms with van der Waals surface area (Å²) in [7, 11) is 0. The average Bonchev–Trinajstić information content (AvgIpc) is 2.92. The standard InChI is InChI=1S/C15H22O2/c1-10(2)5-8-14-15(4,17-14)13-9-12(16)7-6-11(13)3/h5,13-14H,3,6-9H2,1-2,4H3/t13-,14+,15+/m0/s1. The molecular weight excluding hydrogens is 212 g/mol. The van der Waals surface area contributed by atoms with E-state index >= 15 is 0 Å². The molecule has 94 valence electrons. The van der Waals surface area contributed by atoms with Crippen molar-refractivity contribution in [1.82, 2.24) is 0 Å². The lowest BCUT2D eigenvalue weighted by atomic mass is 9.75. The maximum absolute atomic E-state index is 11.6. The van der Waals surface area contributed by atoms with Crippen molar-refractivity contribution in [3.8, 4) is 0 Å². The Morgan fingerprint density at radius 3 is 2.88 bits per heavy atom. The second-order valence-corrected chi connectivity index (χ2v) is 5.76. The van der Waals surface area contributed by atoms with Gasteiger partial charge in [0.25, 0.3) is 0 Å². The third-order valence-electron chi connectivity index (χ3n) is 4.06. The Morgan fingerprint density at radius 2 is 2.24 bits per heavy atom. The topological polar surface area (TPSA) is 29.6 Å². The van der Waals surface area contributed by atoms with Crippen LogP contribution in [-0.4, -0.2) is 17.5 Å². The highest BCUT2D eigenvalue weighted by Gasteiger charge is 2.58. The normalized spacial score (nSPS) is 36.9. The molecule has 2 nitrogen and oxygen atoms in total. The van der Waals surface area contributed by atoms with Crippen molar-refractivity contribution in [2.24, 2.45) is 5.92 Å². The lowest BCUT2D eigenvalue weighted by Gasteiger charge is -2.27. The fourth-order valence-electron chi connectivity index (χ4n) is 2.76. The van der Waals surface area contributed by atoms with Crippen LogP contribution in [0.25, 0.3) is 0 Å². The van der Waals surface area contributed by atoms with E-state index in [0.717, 1.165) is 12.8 Å². The number of rotatable bonds is 3. The van der Waals surface area contributed by atoms with Gasteiger partial charge in [-0.1, -0.05) is 23.8 Å². The summed E-state index contributed by atoms with van der Waals surface area (Å²) in [6, 6.07) is 0. The number of hydrogen-bond donors (Lipinski definition) is 0. The smallest absolute Gasteiger partial charge is 0.133 e. The summed E-state index contributed by atoms with van der Waals surface area (Å²) in [5, 5.41) is 0. The van der Waals surface area contributed by atoms with Gasteiger partial charge in [0.2, 0.25) is 0 Å². The number of ketones is 1. The number of hydrogen-bond acceptors (Lipinski definition) is 2. The van der Waals surface area contributed by atoms with Gasteiger partial charge in [-0.2, -0.15) is 0 Å². The lowest BCUT2D eigenvalue weighted by Crippen LogP contribution is -2.30. The van der Waals surface area contributed by atoms with Crippen molar-refractivity contribution < 1.29 is 9.53 Å². The molecule has 1 heterocycles. The first-order chi connectivity index (χ1) is 7.93. The number of ether oxygens (including phenoxy) is 1. The Labute approximate surface area is 104 Å². The summed E-state index contributed by atoms with van der Waals surface area (Å²) in [5.74, 6) is 0.597. The largest absolute Gasteiger partial charge is 0.365 e. The fraction of sp³-hybridized carbons (Fsp3) is 0.667. The van der Waals surface area contributed by atoms with Gasteiger partial charge in [-0.3, -0.25) is 4.79 Å². The Hall–Kier alpha value is -0.890. The lowest BCUT2D eigenvalue weighted by molar-refractivity contribution is -0.121. The predicted octanol–water partition coefficient (Wildman–Crippen LogP) is 3.43. The summed E-state index contributed by atoms with van der Waals surface area (Å²) < 4.78 is 5.86. The van der Waals surface area contributed by atoms with Gasteiger partial charge in [0.1, 0.15) is 5.78 Å². The van der Waals surface area contributed by atoms with Crippen LogP contribution in [0.15, 0.2) is 23.8 Å². The van der Waals surface area contributed by atoms with Crippen LogP contribution in [0.4, 0.5) is 0 Å². The summed E-state index contributed by atoms with van der Waals surface area (Å²) in [6.45, 7) is 10.4. The van der Waals surface area contributed by atoms with E-state index in [0.29, 0.717) is 18.6 Å². The van der Waals surface area contributed by atoms with Crippen molar-refractivity contribution in [3.05, 3.63) is 23.8 Å². The van der Waals surface area contributed by atoms with Crippen molar-refractivity contribution in [3.63, 3.8) is 0 Å². The summed E-state index contributed by atoms with van der Waals surface area (Å²) >= 11 is 0. The van der Waals surface area contributed by atoms with E-state index in [1.807, 2.05) is 0 Å². The first-order valence-corrected chi connectivity index (χ1v) is 6.44. The summed E-state index contributed by atoms with van der Waals surface area (Å²) in [5.41, 5.74) is 2.38. The van der Waals surface area contributed by atoms with Gasteiger partial charge in [0.15, 0.2) is 0 Å². The van der Waals surface area contributed by atoms with E-state index in [9.17, 15) is 4.79 Å². The molecule has 3 atom stereocenters. The van der Waals surface area contributed by atoms with Gasteiger partial charge >= 0.3 is 0 Å². The number of carbonyl (C=O) groups excluding carboxylic acids is 1. The zero-order valence-electron chi connectivity index (χ0n) is 11.1. The zero-order chi connectivity index (χ0) is 12.6. The molecule has 0 spiro atoms. The van der Waals surface area contributed by atoms with E-state index in [1.54, 1.807) is 0 Å². The Bertz CT molecular complexity index is 376. The SMILES string of the molecule is C=C1CCC(=O)C[C@@H]1[C@@]1(C)O[C@@H]1CC=C(C)C. The molecule has 1 saturated heterocycles. The van der Waals surface area contributed by atoms with Crippen LogP contribution in [0.2, 0.25) is 0 Å². The van der Waals surface area contributed by atoms with Crippen molar-refractivity contribution >= 4 is 5.78 Å². The van der Waals surface area contributed by atoms with Crippen LogP contribution < -0.4 is 0 Å². The summed E-state index contributed by atoms with van der Waals surface area (Å²) in [6.07, 6.45) is 5.58. The second kappa shape index (κ2) is 4.41. The minimum absolute atomic E-state index is 0.140. The summed E-state index contributed by atoms with van der Waals surface area (Å²) in [4.78, 5) is 11.6. The Morgan fingerprint density at radius 1 is 1.53 bits per heavy atom. The van der Waals surface area contributed by atoms with Crippen LogP contribution in [0.5, 0.6) is 0 Å². The van der Waals surface area contributed by atoms with Crippen LogP contribution in [0.1, 0.15) is 46.5 Å². The van der Waals surface area contributed by atoms with Crippen LogP contribution in [0.3, 0.4) is 0 Å². The maximum atomic E-state index is 11.6. The van der Waals surface area contributed by atoms with Crippen LogP contribution in [0, 0.1) is 5.92 Å². The van der Waals surface area contributed by atoms with Gasteiger partial charge in [-0.25, -0.2) is 0 Å². The van der Waals surface area contributed by atoms with Crippen molar-refractivity contribution in [2.45, 2.75) is 58.2 Å². The van der Waals surface area contributed by atoms with Crippen molar-refractivity contribution in [1.29, 1.82) is 0 Å². The molecule has 2 fully saturated rings. The molecule has 0 aromatic heterocycles. The average molecular weight is 234 g/mol. The molecule has 17 heavy (non-hydrogen) atoms. The third kappa shape index (κ3) is 2.52. The number of epoxide rings is 1. The maximum Gasteiger partial charge on any atom is 0.133 e. The number of Topliss-reactive ketones (excluding diaryl/α,β-unsaturated/α-hetero) is 1. The molecule has 0 aromatic rings. The molecule has 0 unspecified atom stereocenters. The minimum Gasteiger partial charge on any atom is -0.365 e. The monoisotopic (exact) mass is 234 g/mol. The Kier molecular flexibility index (Phi) is 3.26. The molecule has 0 aromatic carbocycles. The second-order valence-electron chi connectivity index (χ2n) is 5.76. The van der Waals surface area contributed by atoms with Crippen LogP contribution in [-0.2, 0) is 9.53 Å². The van der Waals surface area contributed by atoms with E-state index in [4.69, 9.17) is 4.74 Å². The van der Waals surface area contributed by atoms with Crippen LogP contribution >= 0.6 is 0 Å². The van der Waals surface area contributed by atoms with Gasteiger partial charge in [-0.05, 0) is 33.6 Å². The van der Waals surface area contributed by atoms with Gasteiger partial charge in [0.05, 0.1) is 11.7 Å². The molecule has 1 saturated carbocycles. The molecule has 2 rings (SSSR count). The van der Waals surface area contributed by atoms with E-state index in [-0.39, 0.29) is 17.6 Å². The van der Waals surface area contributed by atoms with Crippen molar-refractivity contribution in [2.75, 3.05) is 0 Å². The predicted molar refractivity (Wildman–Crippen MR) is 68.8 cm³/mol. The highest BCUT2D eigenvalue weighted by atomic mass is 16.6. The minimum atomic E-state index is -0.140. The van der Waals surface area contributed by atoms with Gasteiger partial charge in [-0.15, -0.1) is 0 Å². The van der Waals surface area contributed by atoms with Gasteiger partial charge in [0, 0.05) is 18.8 Å². The molecule has 2 aliphatic rings. The molecule has 1 aliphatic heterocycles. The molecule has 0 radical (unpaired) electrons. The fourth-order valence-corrected chi connectivity index (χ4v) is 2.76. The molecule has 0 bridgehead atoms. The van der Waals surface area contributed by atoms with E-state index < -0.39 is 0 Å². The zero-order valence-corrected chi connectivity index (χ0v) is 11.1. The van der Waals surface area contributed by atoms with Gasteiger partial charge < -0.3 is 4.74 Å². The molecule has 2 heteroatoms. The van der Waals surface area contributed by atoms with E-state index in [1.165, 1.54) is 11.1 Å². The quantitative estimate of drug-likeness (QED) is 0.553. The Balaban J connectivity index is 2.00. The molecular formula is C15H22O2. The highest BCUT2D eigenvalue weighted by molar-refractivity contribution is 5.80. The molecule has 0 N–H and O–H groups in total.